The molecule has 0 aliphatic carbocycles. The third kappa shape index (κ3) is 3.95. The molecule has 0 bridgehead atoms. The summed E-state index contributed by atoms with van der Waals surface area (Å²) in [6.45, 7) is 9.61. The van der Waals surface area contributed by atoms with Crippen molar-refractivity contribution in [2.75, 3.05) is 23.9 Å². The number of nitrogens with one attached hydrogen (secondary N) is 1. The predicted molar refractivity (Wildman–Crippen MR) is 78.2 cm³/mol. The lowest BCUT2D eigenvalue weighted by molar-refractivity contribution is 0.516. The van der Waals surface area contributed by atoms with Crippen LogP contribution in [0.5, 0.6) is 0 Å². The number of aromatic nitrogens is 2. The smallest absolute Gasteiger partial charge is 0.0828 e. The van der Waals surface area contributed by atoms with Gasteiger partial charge >= 0.3 is 0 Å². The number of hydrogen-bond acceptors (Lipinski definition) is 3. The Bertz CT molecular complexity index is 345. The van der Waals surface area contributed by atoms with Gasteiger partial charge in [-0.3, -0.25) is 4.68 Å². The van der Waals surface area contributed by atoms with Crippen molar-refractivity contribution in [2.24, 2.45) is 0 Å². The lowest BCUT2D eigenvalue weighted by Gasteiger charge is -2.09. The van der Waals surface area contributed by atoms with Crippen molar-refractivity contribution in [3.63, 3.8) is 0 Å². The quantitative estimate of drug-likeness (QED) is 0.754. The van der Waals surface area contributed by atoms with E-state index >= 15 is 0 Å². The molecule has 1 N–H and O–H groups in total. The Labute approximate surface area is 109 Å². The van der Waals surface area contributed by atoms with E-state index in [1.165, 1.54) is 30.0 Å². The molecule has 1 heterocycles. The lowest BCUT2D eigenvalue weighted by Crippen LogP contribution is -2.06. The van der Waals surface area contributed by atoms with Gasteiger partial charge in [0.15, 0.2) is 0 Å². The zero-order chi connectivity index (χ0) is 12.8. The van der Waals surface area contributed by atoms with Crippen LogP contribution in [-0.4, -0.2) is 28.3 Å². The molecule has 3 nitrogen and oxygen atoms in total. The topological polar surface area (TPSA) is 29.9 Å². The van der Waals surface area contributed by atoms with Crippen LogP contribution in [0, 0.1) is 13.8 Å². The fourth-order valence-corrected chi connectivity index (χ4v) is 2.50. The van der Waals surface area contributed by atoms with E-state index in [1.54, 1.807) is 0 Å². The highest BCUT2D eigenvalue weighted by Crippen LogP contribution is 2.22. The summed E-state index contributed by atoms with van der Waals surface area (Å²) < 4.78 is 2.10. The Kier molecular flexibility index (Phi) is 5.89. The zero-order valence-electron chi connectivity index (χ0n) is 11.7. The molecule has 0 aromatic carbocycles. The largest absolute Gasteiger partial charge is 0.382 e. The molecule has 0 amide bonds. The first-order valence-corrected chi connectivity index (χ1v) is 7.75. The van der Waals surface area contributed by atoms with Gasteiger partial charge in [-0.1, -0.05) is 0 Å². The molecule has 0 saturated carbocycles. The van der Waals surface area contributed by atoms with E-state index in [1.807, 2.05) is 11.8 Å². The van der Waals surface area contributed by atoms with Crippen LogP contribution in [0.15, 0.2) is 0 Å². The lowest BCUT2D eigenvalue weighted by atomic mass is 10.2. The Morgan fingerprint density at radius 2 is 2.00 bits per heavy atom. The molecule has 4 heteroatoms. The minimum atomic E-state index is 0.431. The first-order valence-electron chi connectivity index (χ1n) is 6.36. The average molecular weight is 255 g/mol. The van der Waals surface area contributed by atoms with Crippen LogP contribution in [0.25, 0.3) is 0 Å². The van der Waals surface area contributed by atoms with Gasteiger partial charge in [-0.2, -0.15) is 16.9 Å². The van der Waals surface area contributed by atoms with Crippen LogP contribution >= 0.6 is 11.8 Å². The van der Waals surface area contributed by atoms with Crippen molar-refractivity contribution >= 4 is 17.4 Å². The molecule has 0 unspecified atom stereocenters. The predicted octanol–water partition coefficient (Wildman–Crippen LogP) is 3.64. The maximum absolute atomic E-state index is 4.57. The van der Waals surface area contributed by atoms with Gasteiger partial charge < -0.3 is 5.32 Å². The summed E-state index contributed by atoms with van der Waals surface area (Å²) in [5.74, 6) is 1.25. The average Bonchev–Trinajstić information content (AvgIpc) is 2.56. The summed E-state index contributed by atoms with van der Waals surface area (Å²) in [5.41, 5.74) is 3.59. The summed E-state index contributed by atoms with van der Waals surface area (Å²) in [6.07, 6.45) is 4.67. The van der Waals surface area contributed by atoms with Gasteiger partial charge in [0.1, 0.15) is 0 Å². The summed E-state index contributed by atoms with van der Waals surface area (Å²) in [7, 11) is 0. The molecule has 0 spiro atoms. The highest BCUT2D eigenvalue weighted by Gasteiger charge is 2.12. The highest BCUT2D eigenvalue weighted by molar-refractivity contribution is 7.98. The van der Waals surface area contributed by atoms with E-state index < -0.39 is 0 Å². The second-order valence-corrected chi connectivity index (χ2v) is 5.70. The third-order valence-electron chi connectivity index (χ3n) is 2.89. The van der Waals surface area contributed by atoms with Crippen molar-refractivity contribution in [1.29, 1.82) is 0 Å². The standard InChI is InChI=1S/C13H25N3S/c1-10(2)16-12(4)13(11(3)15-16)14-8-6-7-9-17-5/h10,14H,6-9H2,1-5H3. The fourth-order valence-electron chi connectivity index (χ4n) is 2.01. The minimum Gasteiger partial charge on any atom is -0.382 e. The van der Waals surface area contributed by atoms with Crippen LogP contribution in [-0.2, 0) is 0 Å². The zero-order valence-corrected chi connectivity index (χ0v) is 12.5. The van der Waals surface area contributed by atoms with Crippen LogP contribution in [0.1, 0.15) is 44.1 Å². The van der Waals surface area contributed by atoms with E-state index in [-0.39, 0.29) is 0 Å². The maximum Gasteiger partial charge on any atom is 0.0828 e. The summed E-state index contributed by atoms with van der Waals surface area (Å²) in [6, 6.07) is 0.431. The van der Waals surface area contributed by atoms with Gasteiger partial charge in [0, 0.05) is 12.6 Å². The molecular weight excluding hydrogens is 230 g/mol. The summed E-state index contributed by atoms with van der Waals surface area (Å²) >= 11 is 1.92. The van der Waals surface area contributed by atoms with Gasteiger partial charge in [-0.25, -0.2) is 0 Å². The Hall–Kier alpha value is -0.640. The van der Waals surface area contributed by atoms with Gasteiger partial charge in [0.05, 0.1) is 17.1 Å². The summed E-state index contributed by atoms with van der Waals surface area (Å²) in [5, 5.41) is 8.10. The number of thioether (sulfide) groups is 1. The number of aryl methyl sites for hydroxylation is 1. The van der Waals surface area contributed by atoms with Gasteiger partial charge in [-0.05, 0) is 52.5 Å². The van der Waals surface area contributed by atoms with E-state index in [2.05, 4.69) is 49.0 Å². The fraction of sp³-hybridized carbons (Fsp3) is 0.769. The second kappa shape index (κ2) is 6.94. The van der Waals surface area contributed by atoms with E-state index in [9.17, 15) is 0 Å². The molecule has 0 saturated heterocycles. The van der Waals surface area contributed by atoms with Gasteiger partial charge in [-0.15, -0.1) is 0 Å². The number of nitrogens with zero attached hydrogens (tertiary/aromatic N) is 2. The number of hydrogen-bond donors (Lipinski definition) is 1. The molecule has 0 aliphatic heterocycles. The first-order chi connectivity index (χ1) is 8.07. The normalized spacial score (nSPS) is 11.2. The summed E-state index contributed by atoms with van der Waals surface area (Å²) in [4.78, 5) is 0. The maximum atomic E-state index is 4.57. The first kappa shape index (κ1) is 14.4. The second-order valence-electron chi connectivity index (χ2n) is 4.71. The Morgan fingerprint density at radius 3 is 2.53 bits per heavy atom. The van der Waals surface area contributed by atoms with Gasteiger partial charge in [0.2, 0.25) is 0 Å². The van der Waals surface area contributed by atoms with Crippen LogP contribution in [0.2, 0.25) is 0 Å². The van der Waals surface area contributed by atoms with Crippen molar-refractivity contribution in [3.8, 4) is 0 Å². The van der Waals surface area contributed by atoms with Crippen LogP contribution < -0.4 is 5.32 Å². The molecule has 0 radical (unpaired) electrons. The molecule has 0 atom stereocenters. The molecule has 1 aromatic rings. The number of anilines is 1. The van der Waals surface area contributed by atoms with Crippen molar-refractivity contribution < 1.29 is 0 Å². The molecule has 0 aliphatic rings. The van der Waals surface area contributed by atoms with Crippen LogP contribution in [0.4, 0.5) is 5.69 Å². The number of rotatable bonds is 7. The molecule has 0 fully saturated rings. The van der Waals surface area contributed by atoms with Crippen LogP contribution in [0.3, 0.4) is 0 Å². The Balaban J connectivity index is 2.53. The molecule has 98 valence electrons. The molecule has 1 rings (SSSR count). The van der Waals surface area contributed by atoms with Crippen molar-refractivity contribution in [2.45, 2.75) is 46.6 Å². The van der Waals surface area contributed by atoms with Crippen molar-refractivity contribution in [3.05, 3.63) is 11.4 Å². The molecule has 17 heavy (non-hydrogen) atoms. The van der Waals surface area contributed by atoms with E-state index in [0.717, 1.165) is 12.2 Å². The minimum absolute atomic E-state index is 0.431. The third-order valence-corrected chi connectivity index (χ3v) is 3.59. The molecular formula is C13H25N3S. The SMILES string of the molecule is CSCCCCNc1c(C)nn(C(C)C)c1C. The van der Waals surface area contributed by atoms with Crippen molar-refractivity contribution in [1.82, 2.24) is 9.78 Å². The van der Waals surface area contributed by atoms with Gasteiger partial charge in [0.25, 0.3) is 0 Å². The monoisotopic (exact) mass is 255 g/mol. The number of unbranched alkanes of at least 4 members (excludes halogenated alkanes) is 1. The highest BCUT2D eigenvalue weighted by atomic mass is 32.2. The Morgan fingerprint density at radius 1 is 1.29 bits per heavy atom. The van der Waals surface area contributed by atoms with E-state index in [4.69, 9.17) is 0 Å². The van der Waals surface area contributed by atoms with E-state index in [0.29, 0.717) is 6.04 Å². The molecule has 1 aromatic heterocycles.